The van der Waals surface area contributed by atoms with Gasteiger partial charge in [0.05, 0.1) is 22.1 Å². The SMILES string of the molecule is c1ccc(-n2c3ccccc3c3cc4oc5cc6c7ccccc7n(-c7ccccc7)c6cc5c4cc32)cc1. The molecule has 0 aliphatic heterocycles. The van der Waals surface area contributed by atoms with E-state index in [1.165, 1.54) is 43.6 Å². The number of hydrogen-bond donors (Lipinski definition) is 0. The van der Waals surface area contributed by atoms with Crippen molar-refractivity contribution in [2.45, 2.75) is 0 Å². The number of rotatable bonds is 2. The second-order valence-electron chi connectivity index (χ2n) is 10.2. The van der Waals surface area contributed by atoms with Gasteiger partial charge >= 0.3 is 0 Å². The number of benzene rings is 6. The molecule has 0 saturated carbocycles. The Bertz CT molecular complexity index is 2200. The van der Waals surface area contributed by atoms with Gasteiger partial charge in [0.15, 0.2) is 0 Å². The number of para-hydroxylation sites is 4. The third-order valence-electron chi connectivity index (χ3n) is 8.09. The molecule has 3 nitrogen and oxygen atoms in total. The molecule has 0 unspecified atom stereocenters. The van der Waals surface area contributed by atoms with Crippen molar-refractivity contribution in [1.82, 2.24) is 9.13 Å². The van der Waals surface area contributed by atoms with Gasteiger partial charge < -0.3 is 13.6 Å². The van der Waals surface area contributed by atoms with E-state index >= 15 is 0 Å². The van der Waals surface area contributed by atoms with Crippen molar-refractivity contribution >= 4 is 65.6 Å². The van der Waals surface area contributed by atoms with Crippen molar-refractivity contribution in [3.05, 3.63) is 133 Å². The molecule has 0 aliphatic carbocycles. The molecule has 0 bridgehead atoms. The van der Waals surface area contributed by atoms with Crippen LogP contribution in [0.4, 0.5) is 0 Å². The molecule has 0 aliphatic rings. The summed E-state index contributed by atoms with van der Waals surface area (Å²) in [6.07, 6.45) is 0. The molecule has 6 aromatic carbocycles. The third kappa shape index (κ3) is 2.82. The van der Waals surface area contributed by atoms with E-state index in [4.69, 9.17) is 4.42 Å². The third-order valence-corrected chi connectivity index (χ3v) is 8.09. The molecular weight excluding hydrogens is 476 g/mol. The van der Waals surface area contributed by atoms with Crippen LogP contribution >= 0.6 is 0 Å². The largest absolute Gasteiger partial charge is 0.456 e. The smallest absolute Gasteiger partial charge is 0.136 e. The van der Waals surface area contributed by atoms with Crippen LogP contribution in [0.3, 0.4) is 0 Å². The summed E-state index contributed by atoms with van der Waals surface area (Å²) in [6.45, 7) is 0. The normalized spacial score (nSPS) is 12.1. The lowest BCUT2D eigenvalue weighted by atomic mass is 10.1. The second-order valence-corrected chi connectivity index (χ2v) is 10.2. The van der Waals surface area contributed by atoms with Crippen LogP contribution in [-0.2, 0) is 0 Å². The minimum Gasteiger partial charge on any atom is -0.456 e. The Morgan fingerprint density at radius 2 is 0.744 bits per heavy atom. The summed E-state index contributed by atoms with van der Waals surface area (Å²) in [5.74, 6) is 0. The Morgan fingerprint density at radius 1 is 0.333 bits per heavy atom. The fourth-order valence-electron chi connectivity index (χ4n) is 6.41. The standard InChI is InChI=1S/C36H22N2O/c1-3-11-23(12-4-1)37-31-17-9-7-15-25(31)27-21-35-29(19-33(27)37)30-20-34-28(22-36(30)39-35)26-16-8-10-18-32(26)38(34)24-13-5-2-6-14-24/h1-22H. The lowest BCUT2D eigenvalue weighted by Crippen LogP contribution is -1.93. The molecule has 9 rings (SSSR count). The summed E-state index contributed by atoms with van der Waals surface area (Å²) in [6, 6.07) is 47.5. The maximum atomic E-state index is 6.58. The van der Waals surface area contributed by atoms with E-state index in [1.54, 1.807) is 0 Å². The fourth-order valence-corrected chi connectivity index (χ4v) is 6.41. The van der Waals surface area contributed by atoms with Gasteiger partial charge in [-0.15, -0.1) is 0 Å². The van der Waals surface area contributed by atoms with Crippen LogP contribution in [0.25, 0.3) is 76.9 Å². The van der Waals surface area contributed by atoms with Gasteiger partial charge in [0, 0.05) is 43.7 Å². The lowest BCUT2D eigenvalue weighted by molar-refractivity contribution is 0.670. The zero-order valence-electron chi connectivity index (χ0n) is 21.0. The number of nitrogens with zero attached hydrogens (tertiary/aromatic N) is 2. The van der Waals surface area contributed by atoms with Gasteiger partial charge in [-0.2, -0.15) is 0 Å². The molecular formula is C36H22N2O. The zero-order chi connectivity index (χ0) is 25.5. The first kappa shape index (κ1) is 20.7. The van der Waals surface area contributed by atoms with Gasteiger partial charge in [0.25, 0.3) is 0 Å². The average molecular weight is 499 g/mol. The number of aromatic nitrogens is 2. The summed E-state index contributed by atoms with van der Waals surface area (Å²) in [7, 11) is 0. The Morgan fingerprint density at radius 3 is 1.21 bits per heavy atom. The van der Waals surface area contributed by atoms with E-state index in [9.17, 15) is 0 Å². The molecule has 3 heterocycles. The first-order chi connectivity index (χ1) is 19.3. The zero-order valence-corrected chi connectivity index (χ0v) is 21.0. The summed E-state index contributed by atoms with van der Waals surface area (Å²) >= 11 is 0. The first-order valence-electron chi connectivity index (χ1n) is 13.3. The van der Waals surface area contributed by atoms with Crippen molar-refractivity contribution in [1.29, 1.82) is 0 Å². The fraction of sp³-hybridized carbons (Fsp3) is 0. The quantitative estimate of drug-likeness (QED) is 0.233. The molecule has 0 N–H and O–H groups in total. The maximum Gasteiger partial charge on any atom is 0.136 e. The number of furan rings is 1. The first-order valence-corrected chi connectivity index (χ1v) is 13.3. The molecule has 9 aromatic rings. The highest BCUT2D eigenvalue weighted by Gasteiger charge is 2.19. The Labute approximate surface area is 223 Å². The van der Waals surface area contributed by atoms with Crippen LogP contribution in [0.2, 0.25) is 0 Å². The average Bonchev–Trinajstić information content (AvgIpc) is 3.62. The summed E-state index contributed by atoms with van der Waals surface area (Å²) in [5, 5.41) is 7.11. The molecule has 0 radical (unpaired) electrons. The maximum absolute atomic E-state index is 6.58. The molecule has 3 heteroatoms. The van der Waals surface area contributed by atoms with Crippen molar-refractivity contribution < 1.29 is 4.42 Å². The van der Waals surface area contributed by atoms with Gasteiger partial charge in [-0.3, -0.25) is 0 Å². The summed E-state index contributed by atoms with van der Waals surface area (Å²) in [5.41, 5.74) is 8.89. The van der Waals surface area contributed by atoms with Crippen LogP contribution in [0.1, 0.15) is 0 Å². The van der Waals surface area contributed by atoms with Gasteiger partial charge in [-0.1, -0.05) is 72.8 Å². The van der Waals surface area contributed by atoms with E-state index in [0.29, 0.717) is 0 Å². The van der Waals surface area contributed by atoms with Gasteiger partial charge in [0.1, 0.15) is 11.2 Å². The molecule has 0 atom stereocenters. The number of fused-ring (bicyclic) bond motifs is 9. The molecule has 3 aromatic heterocycles. The molecule has 0 amide bonds. The molecule has 182 valence electrons. The summed E-state index contributed by atoms with van der Waals surface area (Å²) in [4.78, 5) is 0. The predicted molar refractivity (Wildman–Crippen MR) is 162 cm³/mol. The van der Waals surface area contributed by atoms with Crippen molar-refractivity contribution in [2.24, 2.45) is 0 Å². The minimum atomic E-state index is 0.914. The Kier molecular flexibility index (Phi) is 4.05. The van der Waals surface area contributed by atoms with Crippen molar-refractivity contribution in [2.75, 3.05) is 0 Å². The lowest BCUT2D eigenvalue weighted by Gasteiger charge is -2.08. The van der Waals surface area contributed by atoms with Crippen molar-refractivity contribution in [3.63, 3.8) is 0 Å². The molecule has 0 fully saturated rings. The van der Waals surface area contributed by atoms with E-state index in [1.807, 2.05) is 0 Å². The van der Waals surface area contributed by atoms with Crippen LogP contribution in [-0.4, -0.2) is 9.13 Å². The predicted octanol–water partition coefficient (Wildman–Crippen LogP) is 9.78. The van der Waals surface area contributed by atoms with E-state index in [2.05, 4.69) is 143 Å². The van der Waals surface area contributed by atoms with E-state index in [-0.39, 0.29) is 0 Å². The van der Waals surface area contributed by atoms with Crippen LogP contribution in [0, 0.1) is 0 Å². The van der Waals surface area contributed by atoms with E-state index in [0.717, 1.165) is 33.3 Å². The highest BCUT2D eigenvalue weighted by Crippen LogP contribution is 2.41. The second kappa shape index (κ2) is 7.62. The van der Waals surface area contributed by atoms with Crippen LogP contribution in [0.5, 0.6) is 0 Å². The molecule has 0 spiro atoms. The van der Waals surface area contributed by atoms with Crippen LogP contribution < -0.4 is 0 Å². The molecule has 39 heavy (non-hydrogen) atoms. The van der Waals surface area contributed by atoms with Crippen molar-refractivity contribution in [3.8, 4) is 11.4 Å². The monoisotopic (exact) mass is 498 g/mol. The Hall–Kier alpha value is -5.28. The highest BCUT2D eigenvalue weighted by atomic mass is 16.3. The topological polar surface area (TPSA) is 23.0 Å². The highest BCUT2D eigenvalue weighted by molar-refractivity contribution is 6.20. The number of hydrogen-bond acceptors (Lipinski definition) is 1. The van der Waals surface area contributed by atoms with E-state index < -0.39 is 0 Å². The summed E-state index contributed by atoms with van der Waals surface area (Å²) < 4.78 is 11.3. The van der Waals surface area contributed by atoms with Gasteiger partial charge in [-0.25, -0.2) is 0 Å². The Balaban J connectivity index is 1.43. The van der Waals surface area contributed by atoms with Crippen LogP contribution in [0.15, 0.2) is 138 Å². The van der Waals surface area contributed by atoms with Gasteiger partial charge in [-0.05, 0) is 60.7 Å². The van der Waals surface area contributed by atoms with Gasteiger partial charge in [0.2, 0.25) is 0 Å². The molecule has 0 saturated heterocycles. The minimum absolute atomic E-state index is 0.914.